The highest BCUT2D eigenvalue weighted by molar-refractivity contribution is 6.38. The maximum atomic E-state index is 11.5. The third-order valence-electron chi connectivity index (χ3n) is 3.84. The fourth-order valence-corrected chi connectivity index (χ4v) is 3.08. The molecule has 0 atom stereocenters. The van der Waals surface area contributed by atoms with Crippen LogP contribution in [0.2, 0.25) is 10.0 Å². The van der Waals surface area contributed by atoms with Gasteiger partial charge in [0.05, 0.1) is 28.2 Å². The summed E-state index contributed by atoms with van der Waals surface area (Å²) in [5.74, 6) is -2.80. The van der Waals surface area contributed by atoms with Gasteiger partial charge in [-0.05, 0) is 36.2 Å². The summed E-state index contributed by atoms with van der Waals surface area (Å²) in [6, 6.07) is 7.33. The molecule has 0 saturated heterocycles. The Morgan fingerprint density at radius 3 is 2.46 bits per heavy atom. The first kappa shape index (κ1) is 18.0. The van der Waals surface area contributed by atoms with Gasteiger partial charge in [-0.25, -0.2) is 0 Å². The van der Waals surface area contributed by atoms with Gasteiger partial charge in [-0.2, -0.15) is 0 Å². The third kappa shape index (κ3) is 3.29. The molecular weight excluding hydrogens is 379 g/mol. The average Bonchev–Trinajstić information content (AvgIpc) is 2.56. The van der Waals surface area contributed by atoms with Gasteiger partial charge >= 0.3 is 0 Å². The molecule has 1 N–H and O–H groups in total. The zero-order valence-electron chi connectivity index (χ0n) is 13.3. The molecule has 0 spiro atoms. The van der Waals surface area contributed by atoms with E-state index in [2.05, 4.69) is 10.3 Å². The van der Waals surface area contributed by atoms with E-state index in [0.717, 1.165) is 6.20 Å². The largest absolute Gasteiger partial charge is 0.545 e. The Balaban J connectivity index is 2.27. The molecule has 6 nitrogen and oxygen atoms in total. The Bertz CT molecular complexity index is 1070. The van der Waals surface area contributed by atoms with Gasteiger partial charge in [0.25, 0.3) is 0 Å². The van der Waals surface area contributed by atoms with Gasteiger partial charge < -0.3 is 25.1 Å². The first-order valence-corrected chi connectivity index (χ1v) is 8.11. The van der Waals surface area contributed by atoms with E-state index in [4.69, 9.17) is 23.2 Å². The summed E-state index contributed by atoms with van der Waals surface area (Å²) < 4.78 is 0. The molecule has 8 heteroatoms. The molecule has 3 rings (SSSR count). The van der Waals surface area contributed by atoms with Crippen LogP contribution in [-0.4, -0.2) is 16.9 Å². The van der Waals surface area contributed by atoms with Gasteiger partial charge in [0.15, 0.2) is 0 Å². The van der Waals surface area contributed by atoms with Crippen LogP contribution in [0.3, 0.4) is 0 Å². The van der Waals surface area contributed by atoms with Gasteiger partial charge in [-0.15, -0.1) is 0 Å². The number of aryl methyl sites for hydroxylation is 1. The summed E-state index contributed by atoms with van der Waals surface area (Å²) >= 11 is 12.2. The molecule has 3 aromatic rings. The smallest absolute Gasteiger partial charge is 0.0910 e. The number of nitrogens with one attached hydrogen (secondary N) is 1. The predicted molar refractivity (Wildman–Crippen MR) is 94.9 cm³/mol. The molecule has 0 bridgehead atoms. The maximum Gasteiger partial charge on any atom is 0.0910 e. The first-order valence-electron chi connectivity index (χ1n) is 7.36. The number of carbonyl (C=O) groups is 2. The molecule has 0 fully saturated rings. The number of pyridine rings is 1. The quantitative estimate of drug-likeness (QED) is 0.734. The molecule has 1 heterocycles. The van der Waals surface area contributed by atoms with E-state index in [1.165, 1.54) is 24.3 Å². The van der Waals surface area contributed by atoms with E-state index in [9.17, 15) is 19.8 Å². The zero-order valence-corrected chi connectivity index (χ0v) is 14.8. The SMILES string of the molecule is Cc1ccc(C(=O)[O-])cc1Nc1c(C(=O)[O-])cnc2c(Cl)cc(Cl)cc12. The second kappa shape index (κ2) is 6.82. The number of nitrogens with zero attached hydrogens (tertiary/aromatic N) is 1. The van der Waals surface area contributed by atoms with E-state index in [1.54, 1.807) is 13.0 Å². The van der Waals surface area contributed by atoms with Crippen LogP contribution in [0.4, 0.5) is 11.4 Å². The van der Waals surface area contributed by atoms with Crippen LogP contribution in [0.1, 0.15) is 26.3 Å². The summed E-state index contributed by atoms with van der Waals surface area (Å²) in [5, 5.41) is 26.5. The van der Waals surface area contributed by atoms with Gasteiger partial charge in [-0.3, -0.25) is 4.98 Å². The van der Waals surface area contributed by atoms with E-state index in [1.807, 2.05) is 0 Å². The minimum atomic E-state index is -1.45. The fourth-order valence-electron chi connectivity index (χ4n) is 2.53. The van der Waals surface area contributed by atoms with Crippen LogP contribution in [0.25, 0.3) is 10.9 Å². The van der Waals surface area contributed by atoms with Crippen molar-refractivity contribution in [2.24, 2.45) is 0 Å². The van der Waals surface area contributed by atoms with Crippen LogP contribution in [0.5, 0.6) is 0 Å². The highest BCUT2D eigenvalue weighted by Gasteiger charge is 2.14. The monoisotopic (exact) mass is 388 g/mol. The van der Waals surface area contributed by atoms with Crippen molar-refractivity contribution in [2.45, 2.75) is 6.92 Å². The standard InChI is InChI=1S/C18H12Cl2N2O4/c1-8-2-3-9(17(23)24)4-14(8)22-15-11-5-10(19)6-13(20)16(11)21-7-12(15)18(25)26/h2-7H,1H3,(H,21,22)(H,23,24)(H,25,26)/p-2. The Kier molecular flexibility index (Phi) is 4.71. The number of aromatic carboxylic acids is 2. The van der Waals surface area contributed by atoms with Crippen LogP contribution in [-0.2, 0) is 0 Å². The van der Waals surface area contributed by atoms with E-state index >= 15 is 0 Å². The van der Waals surface area contributed by atoms with Gasteiger partial charge in [0.1, 0.15) is 0 Å². The van der Waals surface area contributed by atoms with Crippen molar-refractivity contribution < 1.29 is 19.8 Å². The Morgan fingerprint density at radius 1 is 1.08 bits per heavy atom. The number of aromatic nitrogens is 1. The van der Waals surface area contributed by atoms with Crippen LogP contribution in [0.15, 0.2) is 36.5 Å². The lowest BCUT2D eigenvalue weighted by Gasteiger charge is -2.18. The normalized spacial score (nSPS) is 10.7. The van der Waals surface area contributed by atoms with Crippen molar-refractivity contribution in [3.63, 3.8) is 0 Å². The van der Waals surface area contributed by atoms with Gasteiger partial charge in [0, 0.05) is 27.9 Å². The number of hydrogen-bond acceptors (Lipinski definition) is 6. The number of anilines is 2. The number of halogens is 2. The molecule has 0 aliphatic heterocycles. The molecule has 132 valence electrons. The minimum absolute atomic E-state index is 0.0532. The predicted octanol–water partition coefficient (Wildman–Crippen LogP) is 2.32. The number of fused-ring (bicyclic) bond motifs is 1. The zero-order chi connectivity index (χ0) is 19.0. The Morgan fingerprint density at radius 2 is 1.81 bits per heavy atom. The number of hydrogen-bond donors (Lipinski definition) is 1. The van der Waals surface area contributed by atoms with Crippen molar-refractivity contribution >= 4 is 57.4 Å². The summed E-state index contributed by atoms with van der Waals surface area (Å²) in [6.07, 6.45) is 1.12. The molecule has 0 aliphatic rings. The molecule has 2 aromatic carbocycles. The van der Waals surface area contributed by atoms with Crippen LogP contribution in [0, 0.1) is 6.92 Å². The molecule has 1 aromatic heterocycles. The number of carboxylic acids is 2. The van der Waals surface area contributed by atoms with Crippen molar-refractivity contribution in [2.75, 3.05) is 5.32 Å². The van der Waals surface area contributed by atoms with Gasteiger partial charge in [-0.1, -0.05) is 35.3 Å². The van der Waals surface area contributed by atoms with Crippen molar-refractivity contribution in [3.05, 3.63) is 63.3 Å². The summed E-state index contributed by atoms with van der Waals surface area (Å²) in [4.78, 5) is 26.7. The Labute approximate surface area is 158 Å². The van der Waals surface area contributed by atoms with E-state index in [-0.39, 0.29) is 21.8 Å². The second-order valence-electron chi connectivity index (χ2n) is 5.56. The summed E-state index contributed by atoms with van der Waals surface area (Å²) in [5.41, 5.74) is 1.31. The molecule has 26 heavy (non-hydrogen) atoms. The highest BCUT2D eigenvalue weighted by Crippen LogP contribution is 2.35. The number of carbonyl (C=O) groups excluding carboxylic acids is 2. The average molecular weight is 389 g/mol. The number of carboxylic acid groups (broad SMARTS) is 2. The molecule has 0 aliphatic carbocycles. The Hall–Kier alpha value is -2.83. The minimum Gasteiger partial charge on any atom is -0.545 e. The third-order valence-corrected chi connectivity index (χ3v) is 4.35. The first-order chi connectivity index (χ1) is 12.3. The lowest BCUT2D eigenvalue weighted by molar-refractivity contribution is -0.256. The summed E-state index contributed by atoms with van der Waals surface area (Å²) in [7, 11) is 0. The molecule has 0 saturated carbocycles. The van der Waals surface area contributed by atoms with E-state index in [0.29, 0.717) is 27.2 Å². The molecule has 0 unspecified atom stereocenters. The summed E-state index contributed by atoms with van der Waals surface area (Å²) in [6.45, 7) is 1.74. The second-order valence-corrected chi connectivity index (χ2v) is 6.40. The maximum absolute atomic E-state index is 11.5. The topological polar surface area (TPSA) is 105 Å². The molecule has 0 radical (unpaired) electrons. The molecular formula is C18H10Cl2N2O4-2. The fraction of sp³-hybridized carbons (Fsp3) is 0.0556. The van der Waals surface area contributed by atoms with Crippen molar-refractivity contribution in [1.82, 2.24) is 4.98 Å². The van der Waals surface area contributed by atoms with Crippen molar-refractivity contribution in [1.29, 1.82) is 0 Å². The van der Waals surface area contributed by atoms with Crippen LogP contribution >= 0.6 is 23.2 Å². The lowest BCUT2D eigenvalue weighted by Crippen LogP contribution is -2.24. The highest BCUT2D eigenvalue weighted by atomic mass is 35.5. The number of benzene rings is 2. The lowest BCUT2D eigenvalue weighted by atomic mass is 10.1. The van der Waals surface area contributed by atoms with Crippen LogP contribution < -0.4 is 15.5 Å². The number of rotatable bonds is 4. The molecule has 0 amide bonds. The van der Waals surface area contributed by atoms with Crippen molar-refractivity contribution in [3.8, 4) is 0 Å². The van der Waals surface area contributed by atoms with Gasteiger partial charge in [0.2, 0.25) is 0 Å². The van der Waals surface area contributed by atoms with E-state index < -0.39 is 11.9 Å².